The van der Waals surface area contributed by atoms with Crippen LogP contribution in [0, 0.1) is 11.3 Å². The molecule has 6 heteroatoms. The van der Waals surface area contributed by atoms with Gasteiger partial charge in [0.15, 0.2) is 0 Å². The summed E-state index contributed by atoms with van der Waals surface area (Å²) < 4.78 is 0. The van der Waals surface area contributed by atoms with Crippen LogP contribution in [0.2, 0.25) is 0 Å². The van der Waals surface area contributed by atoms with E-state index in [2.05, 4.69) is 12.2 Å². The number of hydrogen-bond donors (Lipinski definition) is 3. The zero-order valence-corrected chi connectivity index (χ0v) is 14.9. The quantitative estimate of drug-likeness (QED) is 0.397. The summed E-state index contributed by atoms with van der Waals surface area (Å²) in [6.07, 6.45) is 6.49. The molecule has 0 spiro atoms. The molecule has 0 bridgehead atoms. The molecule has 0 saturated carbocycles. The molecule has 0 aromatic heterocycles. The zero-order chi connectivity index (χ0) is 18.0. The van der Waals surface area contributed by atoms with E-state index in [0.717, 1.165) is 19.3 Å². The number of carboxylic acid groups (broad SMARTS) is 1. The number of carbonyl (C=O) groups excluding carboxylic acids is 2. The number of nitrogens with two attached hydrogens (primary N) is 1. The van der Waals surface area contributed by atoms with Crippen LogP contribution < -0.4 is 11.1 Å². The number of unbranched alkanes of at least 4 members (excludes halogenated alkanes) is 5. The van der Waals surface area contributed by atoms with Crippen molar-refractivity contribution in [2.45, 2.75) is 72.3 Å². The second kappa shape index (κ2) is 10.4. The van der Waals surface area contributed by atoms with Gasteiger partial charge < -0.3 is 16.2 Å². The fourth-order valence-corrected chi connectivity index (χ4v) is 2.56. The first-order valence-corrected chi connectivity index (χ1v) is 8.43. The topological polar surface area (TPSA) is 109 Å². The third-order valence-corrected chi connectivity index (χ3v) is 3.90. The predicted molar refractivity (Wildman–Crippen MR) is 89.9 cm³/mol. The minimum absolute atomic E-state index is 0.413. The van der Waals surface area contributed by atoms with Crippen LogP contribution in [0.15, 0.2) is 0 Å². The molecule has 6 nitrogen and oxygen atoms in total. The Balaban J connectivity index is 4.32. The monoisotopic (exact) mass is 328 g/mol. The van der Waals surface area contributed by atoms with Crippen molar-refractivity contribution < 1.29 is 19.5 Å². The molecule has 1 amide bonds. The van der Waals surface area contributed by atoms with Crippen molar-refractivity contribution in [2.75, 3.05) is 6.54 Å². The summed E-state index contributed by atoms with van der Waals surface area (Å²) in [6.45, 7) is 7.63. The molecule has 0 saturated heterocycles. The van der Waals surface area contributed by atoms with Gasteiger partial charge in [-0.2, -0.15) is 0 Å². The van der Waals surface area contributed by atoms with Gasteiger partial charge in [-0.15, -0.1) is 0 Å². The number of ketones is 1. The van der Waals surface area contributed by atoms with Crippen LogP contribution in [0.3, 0.4) is 0 Å². The highest BCUT2D eigenvalue weighted by Gasteiger charge is 2.41. The minimum atomic E-state index is -1.34. The molecule has 0 aromatic rings. The Morgan fingerprint density at radius 2 is 1.57 bits per heavy atom. The average molecular weight is 328 g/mol. The van der Waals surface area contributed by atoms with Crippen LogP contribution in [-0.2, 0) is 14.4 Å². The van der Waals surface area contributed by atoms with Crippen LogP contribution in [-0.4, -0.2) is 35.4 Å². The van der Waals surface area contributed by atoms with Crippen LogP contribution in [0.4, 0.5) is 0 Å². The van der Waals surface area contributed by atoms with E-state index in [9.17, 15) is 19.5 Å². The van der Waals surface area contributed by atoms with Gasteiger partial charge in [-0.25, -0.2) is 0 Å². The van der Waals surface area contributed by atoms with Crippen molar-refractivity contribution in [3.63, 3.8) is 0 Å². The molecule has 0 aliphatic rings. The molecule has 0 heterocycles. The van der Waals surface area contributed by atoms with E-state index < -0.39 is 35.0 Å². The Labute approximate surface area is 139 Å². The lowest BCUT2D eigenvalue weighted by molar-refractivity contribution is -0.150. The van der Waals surface area contributed by atoms with E-state index in [1.54, 1.807) is 20.8 Å². The number of rotatable bonds is 11. The molecule has 0 aliphatic heterocycles. The summed E-state index contributed by atoms with van der Waals surface area (Å²) in [4.78, 5) is 35.2. The maximum atomic E-state index is 12.0. The van der Waals surface area contributed by atoms with E-state index >= 15 is 0 Å². The second-order valence-electron chi connectivity index (χ2n) is 7.10. The third kappa shape index (κ3) is 8.11. The highest BCUT2D eigenvalue weighted by Crippen LogP contribution is 2.28. The van der Waals surface area contributed by atoms with Gasteiger partial charge in [-0.3, -0.25) is 14.4 Å². The van der Waals surface area contributed by atoms with Gasteiger partial charge in [0.25, 0.3) is 5.91 Å². The molecular formula is C17H32N2O4. The van der Waals surface area contributed by atoms with Gasteiger partial charge in [0.05, 0.1) is 12.0 Å². The van der Waals surface area contributed by atoms with Gasteiger partial charge >= 0.3 is 5.97 Å². The Morgan fingerprint density at radius 1 is 1.04 bits per heavy atom. The molecule has 0 aromatic carbocycles. The summed E-state index contributed by atoms with van der Waals surface area (Å²) in [5.74, 6) is -3.92. The molecule has 23 heavy (non-hydrogen) atoms. The lowest BCUT2D eigenvalue weighted by Crippen LogP contribution is -2.52. The fourth-order valence-electron chi connectivity index (χ4n) is 2.56. The van der Waals surface area contributed by atoms with Crippen LogP contribution in [0.5, 0.6) is 0 Å². The van der Waals surface area contributed by atoms with Crippen molar-refractivity contribution in [1.82, 2.24) is 5.32 Å². The molecule has 0 rings (SSSR count). The van der Waals surface area contributed by atoms with Gasteiger partial charge in [0.1, 0.15) is 0 Å². The van der Waals surface area contributed by atoms with E-state index in [1.165, 1.54) is 19.3 Å². The van der Waals surface area contributed by atoms with Crippen LogP contribution in [0.25, 0.3) is 0 Å². The Morgan fingerprint density at radius 3 is 2.04 bits per heavy atom. The minimum Gasteiger partial charge on any atom is -0.481 e. The molecule has 4 N–H and O–H groups in total. The molecule has 2 atom stereocenters. The number of carboxylic acids is 1. The summed E-state index contributed by atoms with van der Waals surface area (Å²) in [6, 6.07) is -1.34. The van der Waals surface area contributed by atoms with Gasteiger partial charge in [-0.1, -0.05) is 59.8 Å². The van der Waals surface area contributed by atoms with E-state index in [0.29, 0.717) is 6.54 Å². The lowest BCUT2D eigenvalue weighted by atomic mass is 9.75. The summed E-state index contributed by atoms with van der Waals surface area (Å²) in [5.41, 5.74) is 5.04. The summed E-state index contributed by atoms with van der Waals surface area (Å²) >= 11 is 0. The summed E-state index contributed by atoms with van der Waals surface area (Å²) in [7, 11) is 0. The molecular weight excluding hydrogens is 296 g/mol. The Hall–Kier alpha value is -1.43. The smallest absolute Gasteiger partial charge is 0.309 e. The highest BCUT2D eigenvalue weighted by atomic mass is 16.4. The zero-order valence-electron chi connectivity index (χ0n) is 14.9. The maximum absolute atomic E-state index is 12.0. The second-order valence-corrected chi connectivity index (χ2v) is 7.10. The standard InChI is InChI=1S/C17H32N2O4/c1-5-6-7-8-9-10-11-19-15(21)14(20)13(18)12(16(22)23)17(2,3)4/h12-13H,5-11,18H2,1-4H3,(H,19,21)(H,22,23)/t12?,13-/m0/s1. The number of amides is 1. The number of aliphatic carboxylic acids is 1. The summed E-state index contributed by atoms with van der Waals surface area (Å²) in [5, 5.41) is 11.8. The first kappa shape index (κ1) is 21.6. The van der Waals surface area contributed by atoms with E-state index in [-0.39, 0.29) is 0 Å². The number of nitrogens with one attached hydrogen (secondary N) is 1. The number of hydrogen-bond acceptors (Lipinski definition) is 4. The predicted octanol–water partition coefficient (Wildman–Crippen LogP) is 2.11. The Kier molecular flexibility index (Phi) is 9.72. The molecule has 0 fully saturated rings. The lowest BCUT2D eigenvalue weighted by Gasteiger charge is -2.30. The largest absolute Gasteiger partial charge is 0.481 e. The SMILES string of the molecule is CCCCCCCCNC(=O)C(=O)[C@@H](N)C(C(=O)O)C(C)(C)C. The first-order chi connectivity index (χ1) is 10.6. The highest BCUT2D eigenvalue weighted by molar-refractivity contribution is 6.38. The number of carbonyl (C=O) groups is 3. The molecule has 0 radical (unpaired) electrons. The normalized spacial score (nSPS) is 14.1. The Bertz CT molecular complexity index is 402. The van der Waals surface area contributed by atoms with Crippen LogP contribution >= 0.6 is 0 Å². The van der Waals surface area contributed by atoms with Gasteiger partial charge in [0.2, 0.25) is 5.78 Å². The fraction of sp³-hybridized carbons (Fsp3) is 0.824. The molecule has 0 aliphatic carbocycles. The average Bonchev–Trinajstić information content (AvgIpc) is 2.43. The van der Waals surface area contributed by atoms with E-state index in [1.807, 2.05) is 0 Å². The van der Waals surface area contributed by atoms with Crippen molar-refractivity contribution in [3.05, 3.63) is 0 Å². The number of Topliss-reactive ketones (excluding diaryl/α,β-unsaturated/α-hetero) is 1. The van der Waals surface area contributed by atoms with E-state index in [4.69, 9.17) is 5.73 Å². The molecule has 1 unspecified atom stereocenters. The van der Waals surface area contributed by atoms with Gasteiger partial charge in [-0.05, 0) is 11.8 Å². The maximum Gasteiger partial charge on any atom is 0.309 e. The van der Waals surface area contributed by atoms with Crippen molar-refractivity contribution in [2.24, 2.45) is 17.1 Å². The molecule has 134 valence electrons. The third-order valence-electron chi connectivity index (χ3n) is 3.90. The van der Waals surface area contributed by atoms with Crippen molar-refractivity contribution >= 4 is 17.7 Å². The van der Waals surface area contributed by atoms with Crippen molar-refractivity contribution in [1.29, 1.82) is 0 Å². The van der Waals surface area contributed by atoms with Gasteiger partial charge in [0, 0.05) is 6.54 Å². The van der Waals surface area contributed by atoms with Crippen LogP contribution in [0.1, 0.15) is 66.2 Å². The van der Waals surface area contributed by atoms with Crippen molar-refractivity contribution in [3.8, 4) is 0 Å². The first-order valence-electron chi connectivity index (χ1n) is 8.43.